The molecule has 0 saturated heterocycles. The lowest BCUT2D eigenvalue weighted by Gasteiger charge is -2.13. The Bertz CT molecular complexity index is 425. The van der Waals surface area contributed by atoms with E-state index in [0.717, 1.165) is 18.7 Å². The molecule has 1 aromatic heterocycles. The van der Waals surface area contributed by atoms with Crippen LogP contribution in [0.4, 0.5) is 0 Å². The minimum absolute atomic E-state index is 0.389. The van der Waals surface area contributed by atoms with Crippen LogP contribution < -0.4 is 5.32 Å². The zero-order chi connectivity index (χ0) is 11.9. The molecule has 2 heteroatoms. The Balaban J connectivity index is 1.79. The van der Waals surface area contributed by atoms with Crippen molar-refractivity contribution in [1.29, 1.82) is 0 Å². The molecule has 1 aromatic carbocycles. The molecule has 17 heavy (non-hydrogen) atoms. The molecule has 0 aliphatic heterocycles. The summed E-state index contributed by atoms with van der Waals surface area (Å²) in [5, 5.41) is 3.51. The van der Waals surface area contributed by atoms with Gasteiger partial charge in [-0.05, 0) is 24.6 Å². The first-order valence-corrected chi connectivity index (χ1v) is 6.04. The molecule has 0 radical (unpaired) electrons. The van der Waals surface area contributed by atoms with Crippen molar-refractivity contribution in [2.75, 3.05) is 6.54 Å². The summed E-state index contributed by atoms with van der Waals surface area (Å²) in [5.74, 6) is 0. The van der Waals surface area contributed by atoms with Gasteiger partial charge in [0.05, 0.1) is 0 Å². The van der Waals surface area contributed by atoms with Crippen LogP contribution in [0.2, 0.25) is 0 Å². The first-order valence-electron chi connectivity index (χ1n) is 6.04. The SMILES string of the molecule is C[C@H](NCCc1ccccn1)c1ccccc1. The molecule has 2 aromatic rings. The molecule has 88 valence electrons. The van der Waals surface area contributed by atoms with Gasteiger partial charge in [-0.1, -0.05) is 36.4 Å². The lowest BCUT2D eigenvalue weighted by atomic mass is 10.1. The van der Waals surface area contributed by atoms with Crippen LogP contribution in [0.25, 0.3) is 0 Å². The van der Waals surface area contributed by atoms with Crippen LogP contribution in [0.3, 0.4) is 0 Å². The number of benzene rings is 1. The molecule has 2 rings (SSSR count). The summed E-state index contributed by atoms with van der Waals surface area (Å²) in [6, 6.07) is 16.9. The number of rotatable bonds is 5. The molecule has 0 amide bonds. The lowest BCUT2D eigenvalue weighted by Crippen LogP contribution is -2.21. The normalized spacial score (nSPS) is 12.3. The van der Waals surface area contributed by atoms with Gasteiger partial charge < -0.3 is 5.32 Å². The van der Waals surface area contributed by atoms with Crippen molar-refractivity contribution < 1.29 is 0 Å². The Morgan fingerprint density at radius 1 is 1.06 bits per heavy atom. The molecule has 2 nitrogen and oxygen atoms in total. The van der Waals surface area contributed by atoms with Gasteiger partial charge in [0.2, 0.25) is 0 Å². The zero-order valence-electron chi connectivity index (χ0n) is 10.1. The highest BCUT2D eigenvalue weighted by Gasteiger charge is 2.03. The predicted octanol–water partition coefficient (Wildman–Crippen LogP) is 2.97. The van der Waals surface area contributed by atoms with Gasteiger partial charge >= 0.3 is 0 Å². The van der Waals surface area contributed by atoms with Crippen LogP contribution in [-0.4, -0.2) is 11.5 Å². The molecule has 0 aliphatic carbocycles. The molecule has 1 heterocycles. The van der Waals surface area contributed by atoms with Crippen LogP contribution in [0.1, 0.15) is 24.2 Å². The first kappa shape index (κ1) is 11.8. The fourth-order valence-corrected chi connectivity index (χ4v) is 1.82. The van der Waals surface area contributed by atoms with Gasteiger partial charge in [0.1, 0.15) is 0 Å². The van der Waals surface area contributed by atoms with E-state index in [0.29, 0.717) is 6.04 Å². The van der Waals surface area contributed by atoms with E-state index >= 15 is 0 Å². The predicted molar refractivity (Wildman–Crippen MR) is 70.8 cm³/mol. The number of hydrogen-bond donors (Lipinski definition) is 1. The second kappa shape index (κ2) is 6.16. The van der Waals surface area contributed by atoms with Crippen molar-refractivity contribution in [3.63, 3.8) is 0 Å². The van der Waals surface area contributed by atoms with E-state index in [1.807, 2.05) is 24.4 Å². The summed E-state index contributed by atoms with van der Waals surface area (Å²) < 4.78 is 0. The summed E-state index contributed by atoms with van der Waals surface area (Å²) in [5.41, 5.74) is 2.47. The largest absolute Gasteiger partial charge is 0.310 e. The Hall–Kier alpha value is -1.67. The molecule has 0 bridgehead atoms. The van der Waals surface area contributed by atoms with Crippen molar-refractivity contribution in [3.05, 3.63) is 66.0 Å². The zero-order valence-corrected chi connectivity index (χ0v) is 10.1. The summed E-state index contributed by atoms with van der Waals surface area (Å²) in [7, 11) is 0. The van der Waals surface area contributed by atoms with Gasteiger partial charge in [0.15, 0.2) is 0 Å². The van der Waals surface area contributed by atoms with E-state index in [1.54, 1.807) is 0 Å². The van der Waals surface area contributed by atoms with Crippen LogP contribution in [0.5, 0.6) is 0 Å². The van der Waals surface area contributed by atoms with Gasteiger partial charge in [-0.3, -0.25) is 4.98 Å². The molecular formula is C15H18N2. The molecule has 0 spiro atoms. The summed E-state index contributed by atoms with van der Waals surface area (Å²) in [6.45, 7) is 3.14. The first-order chi connectivity index (χ1) is 8.36. The lowest BCUT2D eigenvalue weighted by molar-refractivity contribution is 0.574. The smallest absolute Gasteiger partial charge is 0.0416 e. The summed E-state index contributed by atoms with van der Waals surface area (Å²) in [6.07, 6.45) is 2.81. The Labute approximate surface area is 103 Å². The molecule has 0 aliphatic rings. The standard InChI is InChI=1S/C15H18N2/c1-13(14-7-3-2-4-8-14)16-12-10-15-9-5-6-11-17-15/h2-9,11,13,16H,10,12H2,1H3/t13-/m0/s1. The Morgan fingerprint density at radius 2 is 1.82 bits per heavy atom. The van der Waals surface area contributed by atoms with Crippen molar-refractivity contribution in [3.8, 4) is 0 Å². The van der Waals surface area contributed by atoms with Crippen LogP contribution >= 0.6 is 0 Å². The third-order valence-electron chi connectivity index (χ3n) is 2.86. The Kier molecular flexibility index (Phi) is 4.28. The maximum absolute atomic E-state index is 4.31. The van der Waals surface area contributed by atoms with Gasteiger partial charge in [0.25, 0.3) is 0 Å². The molecule has 0 saturated carbocycles. The quantitative estimate of drug-likeness (QED) is 0.847. The number of hydrogen-bond acceptors (Lipinski definition) is 2. The van der Waals surface area contributed by atoms with E-state index in [9.17, 15) is 0 Å². The molecule has 1 atom stereocenters. The maximum atomic E-state index is 4.31. The van der Waals surface area contributed by atoms with Gasteiger partial charge in [-0.15, -0.1) is 0 Å². The van der Waals surface area contributed by atoms with Gasteiger partial charge in [0, 0.05) is 30.9 Å². The number of nitrogens with zero attached hydrogens (tertiary/aromatic N) is 1. The van der Waals surface area contributed by atoms with Gasteiger partial charge in [-0.25, -0.2) is 0 Å². The van der Waals surface area contributed by atoms with Gasteiger partial charge in [-0.2, -0.15) is 0 Å². The van der Waals surface area contributed by atoms with Crippen molar-refractivity contribution in [2.45, 2.75) is 19.4 Å². The molecular weight excluding hydrogens is 208 g/mol. The molecule has 0 fully saturated rings. The monoisotopic (exact) mass is 226 g/mol. The average molecular weight is 226 g/mol. The average Bonchev–Trinajstić information content (AvgIpc) is 2.41. The minimum Gasteiger partial charge on any atom is -0.310 e. The minimum atomic E-state index is 0.389. The number of pyridine rings is 1. The Morgan fingerprint density at radius 3 is 2.53 bits per heavy atom. The van der Waals surface area contributed by atoms with Crippen LogP contribution in [-0.2, 0) is 6.42 Å². The second-order valence-corrected chi connectivity index (χ2v) is 4.16. The van der Waals surface area contributed by atoms with E-state index < -0.39 is 0 Å². The number of aromatic nitrogens is 1. The highest BCUT2D eigenvalue weighted by Crippen LogP contribution is 2.10. The van der Waals surface area contributed by atoms with Crippen LogP contribution in [0.15, 0.2) is 54.7 Å². The maximum Gasteiger partial charge on any atom is 0.0416 e. The van der Waals surface area contributed by atoms with Crippen LogP contribution in [0, 0.1) is 0 Å². The van der Waals surface area contributed by atoms with E-state index in [1.165, 1.54) is 5.56 Å². The van der Waals surface area contributed by atoms with Crippen molar-refractivity contribution >= 4 is 0 Å². The fraction of sp³-hybridized carbons (Fsp3) is 0.267. The summed E-state index contributed by atoms with van der Waals surface area (Å²) in [4.78, 5) is 4.31. The molecule has 0 unspecified atom stereocenters. The third-order valence-corrected chi connectivity index (χ3v) is 2.86. The van der Waals surface area contributed by atoms with E-state index in [2.05, 4.69) is 47.6 Å². The highest BCUT2D eigenvalue weighted by atomic mass is 14.9. The second-order valence-electron chi connectivity index (χ2n) is 4.16. The van der Waals surface area contributed by atoms with Crippen molar-refractivity contribution in [2.24, 2.45) is 0 Å². The molecule has 1 N–H and O–H groups in total. The van der Waals surface area contributed by atoms with E-state index in [4.69, 9.17) is 0 Å². The topological polar surface area (TPSA) is 24.9 Å². The highest BCUT2D eigenvalue weighted by molar-refractivity contribution is 5.18. The summed E-state index contributed by atoms with van der Waals surface area (Å²) >= 11 is 0. The van der Waals surface area contributed by atoms with E-state index in [-0.39, 0.29) is 0 Å². The van der Waals surface area contributed by atoms with Crippen molar-refractivity contribution in [1.82, 2.24) is 10.3 Å². The fourth-order valence-electron chi connectivity index (χ4n) is 1.82. The number of nitrogens with one attached hydrogen (secondary N) is 1. The third kappa shape index (κ3) is 3.68.